The molecule has 0 unspecified atom stereocenters. The van der Waals surface area contributed by atoms with Gasteiger partial charge in [-0.15, -0.1) is 11.3 Å². The largest absolute Gasteiger partial charge is 0.494 e. The molecule has 0 saturated carbocycles. The summed E-state index contributed by atoms with van der Waals surface area (Å²) in [5.41, 5.74) is 2.05. The number of nitrogens with one attached hydrogen (secondary N) is 1. The van der Waals surface area contributed by atoms with Gasteiger partial charge in [-0.25, -0.2) is 4.98 Å². The third-order valence-corrected chi connectivity index (χ3v) is 5.75. The number of aryl methyl sites for hydroxylation is 4. The Bertz CT molecular complexity index is 1040. The van der Waals surface area contributed by atoms with E-state index in [9.17, 15) is 9.59 Å². The maximum absolute atomic E-state index is 12.6. The summed E-state index contributed by atoms with van der Waals surface area (Å²) in [5.74, 6) is 0.758. The van der Waals surface area contributed by atoms with E-state index in [0.717, 1.165) is 33.0 Å². The molecule has 0 aliphatic carbocycles. The summed E-state index contributed by atoms with van der Waals surface area (Å²) in [4.78, 5) is 30.9. The number of hydrogen-bond donors (Lipinski definition) is 1. The number of hydrogen-bond acceptors (Lipinski definition) is 5. The monoisotopic (exact) mass is 399 g/mol. The minimum absolute atomic E-state index is 0.0776. The maximum Gasteiger partial charge on any atom is 0.262 e. The number of fused-ring (bicyclic) bond motifs is 1. The average Bonchev–Trinajstić information content (AvgIpc) is 2.96. The molecule has 3 rings (SSSR count). The van der Waals surface area contributed by atoms with E-state index in [-0.39, 0.29) is 17.9 Å². The first kappa shape index (κ1) is 20.1. The number of nitrogens with zero attached hydrogens (tertiary/aromatic N) is 2. The molecule has 148 valence electrons. The Morgan fingerprint density at radius 3 is 2.89 bits per heavy atom. The predicted molar refractivity (Wildman–Crippen MR) is 112 cm³/mol. The molecule has 2 heterocycles. The average molecular weight is 400 g/mol. The van der Waals surface area contributed by atoms with Crippen LogP contribution in [0.15, 0.2) is 35.4 Å². The number of carbonyl (C=O) groups is 1. The van der Waals surface area contributed by atoms with Gasteiger partial charge in [-0.3, -0.25) is 14.2 Å². The van der Waals surface area contributed by atoms with Gasteiger partial charge in [0, 0.05) is 24.4 Å². The third kappa shape index (κ3) is 4.78. The second-order valence-corrected chi connectivity index (χ2v) is 8.03. The van der Waals surface area contributed by atoms with Crippen molar-refractivity contribution >= 4 is 27.5 Å². The highest BCUT2D eigenvalue weighted by Gasteiger charge is 2.12. The number of benzene rings is 1. The molecule has 28 heavy (non-hydrogen) atoms. The van der Waals surface area contributed by atoms with Crippen molar-refractivity contribution in [2.75, 3.05) is 13.2 Å². The Morgan fingerprint density at radius 2 is 2.11 bits per heavy atom. The van der Waals surface area contributed by atoms with Crippen LogP contribution in [-0.2, 0) is 11.3 Å². The zero-order valence-electron chi connectivity index (χ0n) is 16.4. The highest BCUT2D eigenvalue weighted by Crippen LogP contribution is 2.25. The van der Waals surface area contributed by atoms with E-state index in [1.807, 2.05) is 45.0 Å². The molecule has 0 atom stereocenters. The predicted octanol–water partition coefficient (Wildman–Crippen LogP) is 3.36. The summed E-state index contributed by atoms with van der Waals surface area (Å²) in [6.45, 7) is 7.35. The van der Waals surface area contributed by atoms with Gasteiger partial charge in [0.05, 0.1) is 18.3 Å². The van der Waals surface area contributed by atoms with Crippen molar-refractivity contribution in [2.45, 2.75) is 40.2 Å². The molecule has 0 radical (unpaired) electrons. The lowest BCUT2D eigenvalue weighted by atomic mass is 10.2. The standard InChI is InChI=1S/C21H25N3O3S/c1-14-6-4-7-17(12-14)27-11-5-9-22-18(25)8-10-24-13-23-20-19(21(24)26)15(2)16(3)28-20/h4,6-7,12-13H,5,8-11H2,1-3H3,(H,22,25). The Morgan fingerprint density at radius 1 is 1.29 bits per heavy atom. The minimum atomic E-state index is -0.0826. The van der Waals surface area contributed by atoms with Gasteiger partial charge in [-0.1, -0.05) is 12.1 Å². The molecule has 2 aromatic heterocycles. The van der Waals surface area contributed by atoms with Crippen LogP contribution in [0.1, 0.15) is 28.8 Å². The highest BCUT2D eigenvalue weighted by atomic mass is 32.1. The van der Waals surface area contributed by atoms with Gasteiger partial charge >= 0.3 is 0 Å². The molecule has 1 amide bonds. The van der Waals surface area contributed by atoms with Gasteiger partial charge in [-0.2, -0.15) is 0 Å². The zero-order chi connectivity index (χ0) is 20.1. The van der Waals surface area contributed by atoms with Crippen molar-refractivity contribution in [3.63, 3.8) is 0 Å². The van der Waals surface area contributed by atoms with Crippen LogP contribution in [0.25, 0.3) is 10.2 Å². The molecule has 1 N–H and O–H groups in total. The molecule has 1 aromatic carbocycles. The van der Waals surface area contributed by atoms with Gasteiger partial charge in [0.15, 0.2) is 0 Å². The summed E-state index contributed by atoms with van der Waals surface area (Å²) in [5, 5.41) is 3.54. The normalized spacial score (nSPS) is 11.0. The molecule has 0 spiro atoms. The van der Waals surface area contributed by atoms with Crippen molar-refractivity contribution in [3.8, 4) is 5.75 Å². The SMILES string of the molecule is Cc1cccc(OCCCNC(=O)CCn2cnc3sc(C)c(C)c3c2=O)c1. The van der Waals surface area contributed by atoms with Crippen molar-refractivity contribution in [3.05, 3.63) is 57.0 Å². The number of ether oxygens (including phenoxy) is 1. The van der Waals surface area contributed by atoms with Gasteiger partial charge in [0.2, 0.25) is 5.91 Å². The summed E-state index contributed by atoms with van der Waals surface area (Å²) in [6.07, 6.45) is 2.50. The lowest BCUT2D eigenvalue weighted by molar-refractivity contribution is -0.121. The van der Waals surface area contributed by atoms with Crippen LogP contribution in [0.3, 0.4) is 0 Å². The van der Waals surface area contributed by atoms with E-state index < -0.39 is 0 Å². The number of thiophene rings is 1. The molecule has 0 saturated heterocycles. The molecule has 0 aliphatic heterocycles. The van der Waals surface area contributed by atoms with Gasteiger partial charge in [0.25, 0.3) is 5.56 Å². The topological polar surface area (TPSA) is 73.2 Å². The van der Waals surface area contributed by atoms with Gasteiger partial charge < -0.3 is 10.1 Å². The Kier molecular flexibility index (Phi) is 6.46. The number of amides is 1. The number of aromatic nitrogens is 2. The summed E-state index contributed by atoms with van der Waals surface area (Å²) in [6, 6.07) is 7.88. The van der Waals surface area contributed by atoms with E-state index in [2.05, 4.69) is 10.3 Å². The van der Waals surface area contributed by atoms with Crippen molar-refractivity contribution < 1.29 is 9.53 Å². The number of carbonyl (C=O) groups excluding carboxylic acids is 1. The van der Waals surface area contributed by atoms with Crippen LogP contribution < -0.4 is 15.6 Å². The Labute approximate surface area is 168 Å². The molecule has 0 fully saturated rings. The first-order valence-electron chi connectivity index (χ1n) is 9.37. The fourth-order valence-corrected chi connectivity index (χ4v) is 3.92. The number of rotatable bonds is 8. The lowest BCUT2D eigenvalue weighted by Gasteiger charge is -2.09. The van der Waals surface area contributed by atoms with E-state index in [4.69, 9.17) is 4.74 Å². The third-order valence-electron chi connectivity index (χ3n) is 4.64. The second-order valence-electron chi connectivity index (χ2n) is 6.82. The van der Waals surface area contributed by atoms with Gasteiger partial charge in [-0.05, 0) is 50.5 Å². The molecular weight excluding hydrogens is 374 g/mol. The molecular formula is C21H25N3O3S. The molecule has 0 bridgehead atoms. The molecule has 0 aliphatic rings. The summed E-state index contributed by atoms with van der Waals surface area (Å²) >= 11 is 1.53. The lowest BCUT2D eigenvalue weighted by Crippen LogP contribution is -2.28. The van der Waals surface area contributed by atoms with Crippen molar-refractivity contribution in [2.24, 2.45) is 0 Å². The first-order valence-corrected chi connectivity index (χ1v) is 10.2. The minimum Gasteiger partial charge on any atom is -0.494 e. The fourth-order valence-electron chi connectivity index (χ4n) is 2.93. The smallest absolute Gasteiger partial charge is 0.262 e. The van der Waals surface area contributed by atoms with E-state index in [1.165, 1.54) is 22.2 Å². The summed E-state index contributed by atoms with van der Waals surface area (Å²) in [7, 11) is 0. The van der Waals surface area contributed by atoms with E-state index in [1.54, 1.807) is 0 Å². The quantitative estimate of drug-likeness (QED) is 0.590. The van der Waals surface area contributed by atoms with Crippen LogP contribution >= 0.6 is 11.3 Å². The van der Waals surface area contributed by atoms with Crippen molar-refractivity contribution in [1.82, 2.24) is 14.9 Å². The van der Waals surface area contributed by atoms with Crippen LogP contribution in [0.2, 0.25) is 0 Å². The van der Waals surface area contributed by atoms with Crippen LogP contribution in [0, 0.1) is 20.8 Å². The Hall–Kier alpha value is -2.67. The van der Waals surface area contributed by atoms with E-state index in [0.29, 0.717) is 25.1 Å². The summed E-state index contributed by atoms with van der Waals surface area (Å²) < 4.78 is 7.18. The van der Waals surface area contributed by atoms with E-state index >= 15 is 0 Å². The maximum atomic E-state index is 12.6. The molecule has 7 heteroatoms. The first-order chi connectivity index (χ1) is 13.5. The van der Waals surface area contributed by atoms with Crippen LogP contribution in [-0.4, -0.2) is 28.6 Å². The van der Waals surface area contributed by atoms with Gasteiger partial charge in [0.1, 0.15) is 10.6 Å². The molecule has 3 aromatic rings. The van der Waals surface area contributed by atoms with Crippen LogP contribution in [0.5, 0.6) is 5.75 Å². The molecule has 6 nitrogen and oxygen atoms in total. The fraction of sp³-hybridized carbons (Fsp3) is 0.381. The Balaban J connectivity index is 1.43. The van der Waals surface area contributed by atoms with Crippen molar-refractivity contribution in [1.29, 1.82) is 0 Å². The second kappa shape index (κ2) is 9.01. The van der Waals surface area contributed by atoms with Crippen LogP contribution in [0.4, 0.5) is 0 Å². The zero-order valence-corrected chi connectivity index (χ0v) is 17.3. The highest BCUT2D eigenvalue weighted by molar-refractivity contribution is 7.18.